The summed E-state index contributed by atoms with van der Waals surface area (Å²) in [5, 5.41) is 2.50. The molecular weight excluding hydrogens is 460 g/mol. The molecule has 11 heteroatoms. The number of amides is 1. The number of carbonyl (C=O) groups excluding carboxylic acids is 3. The lowest BCUT2D eigenvalue weighted by molar-refractivity contribution is -0.119. The number of nitrogens with zero attached hydrogens (tertiary/aromatic N) is 1. The zero-order valence-corrected chi connectivity index (χ0v) is 18.7. The summed E-state index contributed by atoms with van der Waals surface area (Å²) in [4.78, 5) is 35.7. The van der Waals surface area contributed by atoms with Crippen molar-refractivity contribution in [3.63, 3.8) is 0 Å². The Hall–Kier alpha value is -2.79. The number of morpholine rings is 1. The number of hydrogen-bond donors (Lipinski definition) is 1. The van der Waals surface area contributed by atoms with Gasteiger partial charge in [-0.15, -0.1) is 0 Å². The number of ether oxygens (including phenoxy) is 2. The topological polar surface area (TPSA) is 119 Å². The fourth-order valence-corrected chi connectivity index (χ4v) is 4.89. The number of halogens is 1. The highest BCUT2D eigenvalue weighted by atomic mass is 35.5. The van der Waals surface area contributed by atoms with Crippen LogP contribution in [0.3, 0.4) is 0 Å². The third-order valence-electron chi connectivity index (χ3n) is 4.64. The van der Waals surface area contributed by atoms with Crippen molar-refractivity contribution >= 4 is 45.0 Å². The van der Waals surface area contributed by atoms with Gasteiger partial charge in [-0.2, -0.15) is 4.31 Å². The lowest BCUT2D eigenvalue weighted by Gasteiger charge is -2.26. The summed E-state index contributed by atoms with van der Waals surface area (Å²) < 4.78 is 37.2. The minimum Gasteiger partial charge on any atom is -0.452 e. The van der Waals surface area contributed by atoms with Gasteiger partial charge < -0.3 is 14.8 Å². The van der Waals surface area contributed by atoms with Crippen LogP contribution in [-0.2, 0) is 24.3 Å². The maximum atomic E-state index is 12.9. The second-order valence-electron chi connectivity index (χ2n) is 6.92. The zero-order chi connectivity index (χ0) is 23.3. The van der Waals surface area contributed by atoms with Crippen LogP contribution in [0.5, 0.6) is 0 Å². The quantitative estimate of drug-likeness (QED) is 0.477. The number of esters is 1. The summed E-state index contributed by atoms with van der Waals surface area (Å²) >= 11 is 6.08. The molecule has 0 saturated carbocycles. The molecule has 1 saturated heterocycles. The summed E-state index contributed by atoms with van der Waals surface area (Å²) in [6, 6.07) is 10.1. The number of Topliss-reactive ketones (excluding diaryl/α,β-unsaturated/α-hetero) is 1. The molecule has 0 bridgehead atoms. The average Bonchev–Trinajstić information content (AvgIpc) is 2.78. The standard InChI is InChI=1S/C21H21ClN2O7S/c1-14(25)15-3-2-4-17(11-15)23-20(26)13-31-21(27)16-5-6-18(22)19(12-16)32(28,29)24-7-9-30-10-8-24/h2-6,11-12H,7-10,13H2,1H3,(H,23,26). The maximum Gasteiger partial charge on any atom is 0.338 e. The molecule has 0 atom stereocenters. The number of rotatable bonds is 7. The molecule has 1 amide bonds. The monoisotopic (exact) mass is 480 g/mol. The molecule has 1 N–H and O–H groups in total. The maximum absolute atomic E-state index is 12.9. The van der Waals surface area contributed by atoms with Crippen LogP contribution in [-0.4, -0.2) is 63.3 Å². The Balaban J connectivity index is 1.66. The van der Waals surface area contributed by atoms with Gasteiger partial charge in [0.25, 0.3) is 5.91 Å². The van der Waals surface area contributed by atoms with Crippen molar-refractivity contribution in [2.75, 3.05) is 38.2 Å². The second-order valence-corrected chi connectivity index (χ2v) is 9.24. The van der Waals surface area contributed by atoms with E-state index >= 15 is 0 Å². The van der Waals surface area contributed by atoms with E-state index in [1.807, 2.05) is 0 Å². The molecule has 3 rings (SSSR count). The van der Waals surface area contributed by atoms with Crippen molar-refractivity contribution in [2.45, 2.75) is 11.8 Å². The van der Waals surface area contributed by atoms with Crippen LogP contribution in [0.4, 0.5) is 5.69 Å². The summed E-state index contributed by atoms with van der Waals surface area (Å²) in [7, 11) is -3.93. The van der Waals surface area contributed by atoms with Crippen LogP contribution in [0.1, 0.15) is 27.6 Å². The minimum absolute atomic E-state index is 0.0314. The molecule has 9 nitrogen and oxygen atoms in total. The molecule has 1 heterocycles. The zero-order valence-electron chi connectivity index (χ0n) is 17.2. The molecule has 170 valence electrons. The Morgan fingerprint density at radius 2 is 1.81 bits per heavy atom. The minimum atomic E-state index is -3.93. The van der Waals surface area contributed by atoms with Crippen molar-refractivity contribution in [3.05, 3.63) is 58.6 Å². The van der Waals surface area contributed by atoms with Crippen LogP contribution in [0.2, 0.25) is 5.02 Å². The predicted octanol–water partition coefficient (Wildman–Crippen LogP) is 2.36. The van der Waals surface area contributed by atoms with Gasteiger partial charge >= 0.3 is 5.97 Å². The third-order valence-corrected chi connectivity index (χ3v) is 7.02. The highest BCUT2D eigenvalue weighted by Gasteiger charge is 2.29. The van der Waals surface area contributed by atoms with Crippen molar-refractivity contribution in [2.24, 2.45) is 0 Å². The van der Waals surface area contributed by atoms with E-state index in [-0.39, 0.29) is 47.6 Å². The lowest BCUT2D eigenvalue weighted by Crippen LogP contribution is -2.40. The van der Waals surface area contributed by atoms with Crippen LogP contribution in [0.25, 0.3) is 0 Å². The van der Waals surface area contributed by atoms with E-state index in [1.54, 1.807) is 18.2 Å². The first-order valence-electron chi connectivity index (χ1n) is 9.64. The van der Waals surface area contributed by atoms with Crippen LogP contribution >= 0.6 is 11.6 Å². The molecule has 0 unspecified atom stereocenters. The molecule has 0 aliphatic carbocycles. The van der Waals surface area contributed by atoms with Crippen LogP contribution in [0.15, 0.2) is 47.4 Å². The summed E-state index contributed by atoms with van der Waals surface area (Å²) in [5.41, 5.74) is 0.742. The Kier molecular flexibility index (Phi) is 7.62. The summed E-state index contributed by atoms with van der Waals surface area (Å²) in [6.45, 7) is 1.70. The Bertz CT molecular complexity index is 1140. The summed E-state index contributed by atoms with van der Waals surface area (Å²) in [5.74, 6) is -1.65. The van der Waals surface area contributed by atoms with Gasteiger partial charge in [0, 0.05) is 24.3 Å². The first-order chi connectivity index (χ1) is 15.2. The van der Waals surface area contributed by atoms with E-state index in [0.29, 0.717) is 11.3 Å². The van der Waals surface area contributed by atoms with E-state index < -0.39 is 28.5 Å². The predicted molar refractivity (Wildman–Crippen MR) is 116 cm³/mol. The van der Waals surface area contributed by atoms with Gasteiger partial charge in [-0.1, -0.05) is 23.7 Å². The molecule has 2 aromatic carbocycles. The van der Waals surface area contributed by atoms with E-state index in [4.69, 9.17) is 21.1 Å². The SMILES string of the molecule is CC(=O)c1cccc(NC(=O)COC(=O)c2ccc(Cl)c(S(=O)(=O)N3CCOCC3)c2)c1. The molecule has 2 aromatic rings. The fourth-order valence-electron chi connectivity index (χ4n) is 2.98. The number of hydrogen-bond acceptors (Lipinski definition) is 7. The highest BCUT2D eigenvalue weighted by Crippen LogP contribution is 2.26. The van der Waals surface area contributed by atoms with Gasteiger partial charge in [0.1, 0.15) is 4.90 Å². The highest BCUT2D eigenvalue weighted by molar-refractivity contribution is 7.89. The smallest absolute Gasteiger partial charge is 0.338 e. The van der Waals surface area contributed by atoms with Crippen LogP contribution in [0, 0.1) is 0 Å². The Labute approximate surface area is 190 Å². The van der Waals surface area contributed by atoms with Gasteiger partial charge in [0.2, 0.25) is 10.0 Å². The molecule has 1 aliphatic rings. The number of nitrogens with one attached hydrogen (secondary N) is 1. The fraction of sp³-hybridized carbons (Fsp3) is 0.286. The first-order valence-corrected chi connectivity index (χ1v) is 11.5. The Morgan fingerprint density at radius 3 is 2.50 bits per heavy atom. The van der Waals surface area contributed by atoms with E-state index in [1.165, 1.54) is 29.4 Å². The van der Waals surface area contributed by atoms with Gasteiger partial charge in [0.15, 0.2) is 12.4 Å². The molecule has 0 aromatic heterocycles. The number of sulfonamides is 1. The van der Waals surface area contributed by atoms with Crippen molar-refractivity contribution < 1.29 is 32.3 Å². The normalized spacial score (nSPS) is 14.6. The second kappa shape index (κ2) is 10.2. The number of carbonyl (C=O) groups is 3. The van der Waals surface area contributed by atoms with Gasteiger partial charge in [-0.25, -0.2) is 13.2 Å². The number of ketones is 1. The molecule has 0 spiro atoms. The third kappa shape index (κ3) is 5.71. The number of benzene rings is 2. The van der Waals surface area contributed by atoms with Crippen molar-refractivity contribution in [1.82, 2.24) is 4.31 Å². The first kappa shape index (κ1) is 23.9. The van der Waals surface area contributed by atoms with E-state index in [0.717, 1.165) is 6.07 Å². The Morgan fingerprint density at radius 1 is 1.09 bits per heavy atom. The van der Waals surface area contributed by atoms with Gasteiger partial charge in [-0.3, -0.25) is 9.59 Å². The van der Waals surface area contributed by atoms with Crippen molar-refractivity contribution in [3.8, 4) is 0 Å². The van der Waals surface area contributed by atoms with Crippen LogP contribution < -0.4 is 5.32 Å². The molecule has 0 radical (unpaired) electrons. The van der Waals surface area contributed by atoms with Gasteiger partial charge in [0.05, 0.1) is 23.8 Å². The lowest BCUT2D eigenvalue weighted by atomic mass is 10.1. The summed E-state index contributed by atoms with van der Waals surface area (Å²) in [6.07, 6.45) is 0. The molecule has 1 aliphatic heterocycles. The number of anilines is 1. The molecule has 32 heavy (non-hydrogen) atoms. The van der Waals surface area contributed by atoms with E-state index in [9.17, 15) is 22.8 Å². The molecular formula is C21H21ClN2O7S. The van der Waals surface area contributed by atoms with Crippen molar-refractivity contribution in [1.29, 1.82) is 0 Å². The molecule has 1 fully saturated rings. The van der Waals surface area contributed by atoms with E-state index in [2.05, 4.69) is 5.32 Å². The van der Waals surface area contributed by atoms with Gasteiger partial charge in [-0.05, 0) is 37.3 Å². The average molecular weight is 481 g/mol. The largest absolute Gasteiger partial charge is 0.452 e.